The summed E-state index contributed by atoms with van der Waals surface area (Å²) in [7, 11) is -3.90. The molecule has 7 nitrogen and oxygen atoms in total. The van der Waals surface area contributed by atoms with E-state index in [0.717, 1.165) is 0 Å². The lowest BCUT2D eigenvalue weighted by Crippen LogP contribution is -2.18. The van der Waals surface area contributed by atoms with Crippen molar-refractivity contribution in [2.24, 2.45) is 5.73 Å². The van der Waals surface area contributed by atoms with Crippen molar-refractivity contribution < 1.29 is 17.6 Å². The number of carbonyl (C=O) groups excluding carboxylic acids is 1. The minimum absolute atomic E-state index is 0.000392. The lowest BCUT2D eigenvalue weighted by Gasteiger charge is -2.10. The normalized spacial score (nSPS) is 11.5. The number of carbonyl (C=O) groups is 1. The van der Waals surface area contributed by atoms with E-state index in [1.165, 1.54) is 24.3 Å². The molecule has 0 radical (unpaired) electrons. The average Bonchev–Trinajstić information content (AvgIpc) is 2.86. The summed E-state index contributed by atoms with van der Waals surface area (Å²) in [5, 5.41) is 0. The van der Waals surface area contributed by atoms with E-state index in [0.29, 0.717) is 17.0 Å². The van der Waals surface area contributed by atoms with Gasteiger partial charge in [-0.1, -0.05) is 12.1 Å². The number of primary amides is 1. The van der Waals surface area contributed by atoms with Crippen LogP contribution in [0.2, 0.25) is 0 Å². The van der Waals surface area contributed by atoms with Crippen molar-refractivity contribution in [3.05, 3.63) is 53.9 Å². The number of sulfonamides is 1. The number of amides is 1. The van der Waals surface area contributed by atoms with Crippen molar-refractivity contribution >= 4 is 32.7 Å². The molecule has 1 heterocycles. The Morgan fingerprint density at radius 1 is 1.22 bits per heavy atom. The summed E-state index contributed by atoms with van der Waals surface area (Å²) < 4.78 is 32.7. The van der Waals surface area contributed by atoms with Crippen LogP contribution in [0, 0.1) is 6.92 Å². The van der Waals surface area contributed by atoms with Crippen LogP contribution in [-0.2, 0) is 10.0 Å². The molecule has 1 aromatic heterocycles. The molecule has 0 atom stereocenters. The van der Waals surface area contributed by atoms with Crippen molar-refractivity contribution in [3.63, 3.8) is 0 Å². The molecule has 3 rings (SSSR count). The summed E-state index contributed by atoms with van der Waals surface area (Å²) in [5.74, 6) is -0.272. The largest absolute Gasteiger partial charge is 0.441 e. The van der Waals surface area contributed by atoms with Crippen molar-refractivity contribution in [1.29, 1.82) is 0 Å². The molecule has 3 N–H and O–H groups in total. The maximum absolute atomic E-state index is 12.5. The first-order valence-corrected chi connectivity index (χ1v) is 8.14. The second-order valence-electron chi connectivity index (χ2n) is 4.88. The number of fused-ring (bicyclic) bond motifs is 1. The van der Waals surface area contributed by atoms with Crippen LogP contribution in [0.5, 0.6) is 0 Å². The zero-order valence-electron chi connectivity index (χ0n) is 12.1. The van der Waals surface area contributed by atoms with Gasteiger partial charge in [-0.05, 0) is 24.3 Å². The minimum atomic E-state index is -3.90. The Kier molecular flexibility index (Phi) is 3.53. The van der Waals surface area contributed by atoms with E-state index in [1.807, 2.05) is 0 Å². The Labute approximate surface area is 132 Å². The number of rotatable bonds is 4. The number of oxazole rings is 1. The van der Waals surface area contributed by atoms with E-state index in [2.05, 4.69) is 9.71 Å². The van der Waals surface area contributed by atoms with E-state index >= 15 is 0 Å². The van der Waals surface area contributed by atoms with Crippen LogP contribution >= 0.6 is 0 Å². The Morgan fingerprint density at radius 2 is 1.96 bits per heavy atom. The average molecular weight is 331 g/mol. The number of nitrogens with two attached hydrogens (primary N) is 1. The summed E-state index contributed by atoms with van der Waals surface area (Å²) >= 11 is 0. The first kappa shape index (κ1) is 15.0. The molecule has 0 aliphatic heterocycles. The molecular weight excluding hydrogens is 318 g/mol. The molecule has 8 heteroatoms. The van der Waals surface area contributed by atoms with E-state index in [1.54, 1.807) is 25.1 Å². The van der Waals surface area contributed by atoms with Gasteiger partial charge < -0.3 is 10.2 Å². The molecular formula is C15H13N3O4S. The third-order valence-electron chi connectivity index (χ3n) is 3.21. The smallest absolute Gasteiger partial charge is 0.262 e. The maximum Gasteiger partial charge on any atom is 0.262 e. The van der Waals surface area contributed by atoms with Gasteiger partial charge in [0.2, 0.25) is 0 Å². The molecule has 0 spiro atoms. The topological polar surface area (TPSA) is 115 Å². The Balaban J connectivity index is 2.02. The van der Waals surface area contributed by atoms with Gasteiger partial charge in [0.15, 0.2) is 11.5 Å². The number of nitrogens with zero attached hydrogens (tertiary/aromatic N) is 1. The minimum Gasteiger partial charge on any atom is -0.441 e. The number of aromatic nitrogens is 1. The molecule has 23 heavy (non-hydrogen) atoms. The highest BCUT2D eigenvalue weighted by Gasteiger charge is 2.19. The predicted molar refractivity (Wildman–Crippen MR) is 84.5 cm³/mol. The summed E-state index contributed by atoms with van der Waals surface area (Å²) in [4.78, 5) is 15.5. The van der Waals surface area contributed by atoms with Crippen molar-refractivity contribution in [1.82, 2.24) is 4.98 Å². The first-order chi connectivity index (χ1) is 10.9. The second kappa shape index (κ2) is 5.40. The molecule has 1 amide bonds. The number of anilines is 1. The van der Waals surface area contributed by atoms with Crippen LogP contribution in [0.25, 0.3) is 11.1 Å². The predicted octanol–water partition coefficient (Wildman–Crippen LogP) is 2.04. The standard InChI is InChI=1S/C15H13N3O4S/c1-9-17-13-7-6-10(8-14(13)22-9)23(20,21)18-12-5-3-2-4-11(12)15(16)19/h2-8,18H,1H3,(H2,16,19). The number of hydrogen-bond acceptors (Lipinski definition) is 5. The number of aryl methyl sites for hydroxylation is 1. The summed E-state index contributed by atoms with van der Waals surface area (Å²) in [5.41, 5.74) is 6.40. The molecule has 118 valence electrons. The number of hydrogen-bond donors (Lipinski definition) is 2. The van der Waals surface area contributed by atoms with Crippen LogP contribution in [0.3, 0.4) is 0 Å². The summed E-state index contributed by atoms with van der Waals surface area (Å²) in [6.07, 6.45) is 0. The van der Waals surface area contributed by atoms with Gasteiger partial charge in [-0.2, -0.15) is 0 Å². The number of nitrogens with one attached hydrogen (secondary N) is 1. The van der Waals surface area contributed by atoms with Crippen LogP contribution < -0.4 is 10.5 Å². The fraction of sp³-hybridized carbons (Fsp3) is 0.0667. The highest BCUT2D eigenvalue weighted by molar-refractivity contribution is 7.92. The highest BCUT2D eigenvalue weighted by Crippen LogP contribution is 2.23. The fourth-order valence-corrected chi connectivity index (χ4v) is 3.27. The van der Waals surface area contributed by atoms with Crippen LogP contribution in [-0.4, -0.2) is 19.3 Å². The molecule has 0 aliphatic carbocycles. The van der Waals surface area contributed by atoms with Gasteiger partial charge in [-0.3, -0.25) is 9.52 Å². The third kappa shape index (κ3) is 2.88. The van der Waals surface area contributed by atoms with Crippen molar-refractivity contribution in [2.45, 2.75) is 11.8 Å². The second-order valence-corrected chi connectivity index (χ2v) is 6.56. The van der Waals surface area contributed by atoms with E-state index in [4.69, 9.17) is 10.2 Å². The molecule has 0 saturated heterocycles. The molecule has 3 aromatic rings. The zero-order chi connectivity index (χ0) is 16.6. The fourth-order valence-electron chi connectivity index (χ4n) is 2.18. The summed E-state index contributed by atoms with van der Waals surface area (Å²) in [6, 6.07) is 10.5. The van der Waals surface area contributed by atoms with Gasteiger partial charge in [0.05, 0.1) is 16.1 Å². The lowest BCUT2D eigenvalue weighted by molar-refractivity contribution is 0.100. The highest BCUT2D eigenvalue weighted by atomic mass is 32.2. The number of para-hydroxylation sites is 1. The Hall–Kier alpha value is -2.87. The van der Waals surface area contributed by atoms with Crippen molar-refractivity contribution in [2.75, 3.05) is 4.72 Å². The van der Waals surface area contributed by atoms with Crippen molar-refractivity contribution in [3.8, 4) is 0 Å². The quantitative estimate of drug-likeness (QED) is 0.759. The molecule has 0 aliphatic rings. The van der Waals surface area contributed by atoms with Crippen LogP contribution in [0.4, 0.5) is 5.69 Å². The lowest BCUT2D eigenvalue weighted by atomic mass is 10.2. The Bertz CT molecular complexity index is 1010. The summed E-state index contributed by atoms with van der Waals surface area (Å²) in [6.45, 7) is 1.68. The van der Waals surface area contributed by atoms with Gasteiger partial charge in [-0.15, -0.1) is 0 Å². The maximum atomic E-state index is 12.5. The number of benzene rings is 2. The van der Waals surface area contributed by atoms with Crippen LogP contribution in [0.15, 0.2) is 51.8 Å². The molecule has 0 unspecified atom stereocenters. The first-order valence-electron chi connectivity index (χ1n) is 6.66. The van der Waals surface area contributed by atoms with Crippen LogP contribution in [0.1, 0.15) is 16.2 Å². The molecule has 0 saturated carbocycles. The van der Waals surface area contributed by atoms with Gasteiger partial charge in [0.1, 0.15) is 5.52 Å². The van der Waals surface area contributed by atoms with Gasteiger partial charge >= 0.3 is 0 Å². The molecule has 0 fully saturated rings. The van der Waals surface area contributed by atoms with E-state index < -0.39 is 15.9 Å². The van der Waals surface area contributed by atoms with E-state index in [9.17, 15) is 13.2 Å². The van der Waals surface area contributed by atoms with Gasteiger partial charge in [0, 0.05) is 13.0 Å². The zero-order valence-corrected chi connectivity index (χ0v) is 12.9. The SMILES string of the molecule is Cc1nc2ccc(S(=O)(=O)Nc3ccccc3C(N)=O)cc2o1. The van der Waals surface area contributed by atoms with Gasteiger partial charge in [-0.25, -0.2) is 13.4 Å². The molecule has 2 aromatic carbocycles. The molecule has 0 bridgehead atoms. The third-order valence-corrected chi connectivity index (χ3v) is 4.58. The van der Waals surface area contributed by atoms with Gasteiger partial charge in [0.25, 0.3) is 15.9 Å². The Morgan fingerprint density at radius 3 is 2.70 bits per heavy atom. The monoisotopic (exact) mass is 331 g/mol. The van der Waals surface area contributed by atoms with E-state index in [-0.39, 0.29) is 16.1 Å².